The molecule has 1 aromatic heterocycles. The molecule has 0 aliphatic carbocycles. The zero-order chi connectivity index (χ0) is 14.2. The normalized spacial score (nSPS) is 25.4. The first-order chi connectivity index (χ1) is 8.84. The van der Waals surface area contributed by atoms with Crippen LogP contribution >= 0.6 is 23.1 Å². The Balaban J connectivity index is 2.33. The van der Waals surface area contributed by atoms with Gasteiger partial charge in [0.1, 0.15) is 4.21 Å². The Kier molecular flexibility index (Phi) is 4.24. The number of hydrogen-bond acceptors (Lipinski definition) is 5. The molecule has 0 radical (unpaired) electrons. The number of carboxylic acids is 1. The van der Waals surface area contributed by atoms with Crippen molar-refractivity contribution in [2.24, 2.45) is 0 Å². The summed E-state index contributed by atoms with van der Waals surface area (Å²) in [5.41, 5.74) is 0.0238. The van der Waals surface area contributed by atoms with Crippen LogP contribution in [0.5, 0.6) is 0 Å². The van der Waals surface area contributed by atoms with Crippen molar-refractivity contribution in [3.63, 3.8) is 0 Å². The quantitative estimate of drug-likeness (QED) is 0.921. The van der Waals surface area contributed by atoms with Crippen molar-refractivity contribution in [2.45, 2.75) is 29.3 Å². The highest BCUT2D eigenvalue weighted by atomic mass is 32.2. The molecule has 1 saturated heterocycles. The second-order valence-corrected chi connectivity index (χ2v) is 8.91. The predicted molar refractivity (Wildman–Crippen MR) is 76.6 cm³/mol. The fraction of sp³-hybridized carbons (Fsp3) is 0.545. The molecule has 1 aliphatic rings. The minimum Gasteiger partial charge on any atom is -0.478 e. The van der Waals surface area contributed by atoms with Gasteiger partial charge in [-0.25, -0.2) is 13.2 Å². The molecule has 8 heteroatoms. The lowest BCUT2D eigenvalue weighted by atomic mass is 10.2. The summed E-state index contributed by atoms with van der Waals surface area (Å²) in [5, 5.41) is 10.5. The molecular formula is C11H15NO4S3. The lowest BCUT2D eigenvalue weighted by Gasteiger charge is -2.35. The SMILES string of the molecule is CC1SCCN(S(=O)(=O)c2cc(C(=O)O)cs2)C1C. The highest BCUT2D eigenvalue weighted by Gasteiger charge is 2.35. The second kappa shape index (κ2) is 5.43. The average Bonchev–Trinajstić information content (AvgIpc) is 2.82. The van der Waals surface area contributed by atoms with Crippen LogP contribution in [-0.2, 0) is 10.0 Å². The van der Waals surface area contributed by atoms with Crippen molar-refractivity contribution >= 4 is 39.1 Å². The molecule has 2 unspecified atom stereocenters. The zero-order valence-electron chi connectivity index (χ0n) is 10.6. The predicted octanol–water partition coefficient (Wildman–Crippen LogP) is 1.96. The molecule has 0 saturated carbocycles. The maximum atomic E-state index is 12.5. The fourth-order valence-electron chi connectivity index (χ4n) is 1.92. The standard InChI is InChI=1S/C11H15NO4S3/c1-7-8(2)17-4-3-12(7)19(15,16)10-5-9(6-18-10)11(13)14/h5-8H,3-4H2,1-2H3,(H,13,14). The Morgan fingerprint density at radius 3 is 2.74 bits per heavy atom. The Morgan fingerprint density at radius 2 is 2.16 bits per heavy atom. The maximum Gasteiger partial charge on any atom is 0.336 e. The van der Waals surface area contributed by atoms with E-state index in [-0.39, 0.29) is 21.1 Å². The Morgan fingerprint density at radius 1 is 1.47 bits per heavy atom. The molecule has 2 heterocycles. The summed E-state index contributed by atoms with van der Waals surface area (Å²) in [5.74, 6) is -0.338. The van der Waals surface area contributed by atoms with Crippen molar-refractivity contribution in [3.05, 3.63) is 17.0 Å². The van der Waals surface area contributed by atoms with Crippen molar-refractivity contribution in [3.8, 4) is 0 Å². The first-order valence-electron chi connectivity index (χ1n) is 5.79. The van der Waals surface area contributed by atoms with Crippen LogP contribution in [0.2, 0.25) is 0 Å². The third-order valence-electron chi connectivity index (χ3n) is 3.21. The summed E-state index contributed by atoms with van der Waals surface area (Å²) in [6.45, 7) is 4.37. The smallest absolute Gasteiger partial charge is 0.336 e. The number of carbonyl (C=O) groups is 1. The number of hydrogen-bond donors (Lipinski definition) is 1. The van der Waals surface area contributed by atoms with E-state index in [1.54, 1.807) is 11.8 Å². The first-order valence-corrected chi connectivity index (χ1v) is 9.16. The van der Waals surface area contributed by atoms with Gasteiger partial charge >= 0.3 is 5.97 Å². The van der Waals surface area contributed by atoms with Crippen LogP contribution in [0.1, 0.15) is 24.2 Å². The summed E-state index contributed by atoms with van der Waals surface area (Å²) in [6, 6.07) is 1.15. The number of sulfonamides is 1. The van der Waals surface area contributed by atoms with Crippen LogP contribution in [-0.4, -0.2) is 47.4 Å². The number of carboxylic acid groups (broad SMARTS) is 1. The van der Waals surface area contributed by atoms with E-state index in [0.29, 0.717) is 6.54 Å². The van der Waals surface area contributed by atoms with Crippen molar-refractivity contribution < 1.29 is 18.3 Å². The van der Waals surface area contributed by atoms with Gasteiger partial charge in [-0.15, -0.1) is 11.3 Å². The molecule has 2 rings (SSSR count). The monoisotopic (exact) mass is 321 g/mol. The minimum atomic E-state index is -3.58. The van der Waals surface area contributed by atoms with Crippen molar-refractivity contribution in [2.75, 3.05) is 12.3 Å². The summed E-state index contributed by atoms with van der Waals surface area (Å²) in [7, 11) is -3.58. The van der Waals surface area contributed by atoms with Gasteiger partial charge in [0.25, 0.3) is 10.0 Å². The zero-order valence-corrected chi connectivity index (χ0v) is 13.0. The van der Waals surface area contributed by atoms with E-state index in [1.807, 2.05) is 13.8 Å². The van der Waals surface area contributed by atoms with Crippen molar-refractivity contribution in [1.82, 2.24) is 4.31 Å². The molecule has 5 nitrogen and oxygen atoms in total. The summed E-state index contributed by atoms with van der Waals surface area (Å²) in [6.07, 6.45) is 0. The second-order valence-electron chi connectivity index (χ2n) is 4.39. The fourth-order valence-corrected chi connectivity index (χ4v) is 6.20. The highest BCUT2D eigenvalue weighted by molar-refractivity contribution is 8.00. The summed E-state index contributed by atoms with van der Waals surface area (Å²) in [4.78, 5) is 10.8. The number of aromatic carboxylic acids is 1. The molecule has 1 aromatic rings. The van der Waals surface area contributed by atoms with E-state index in [4.69, 9.17) is 5.11 Å². The lowest BCUT2D eigenvalue weighted by Crippen LogP contribution is -2.47. The van der Waals surface area contributed by atoms with Gasteiger partial charge < -0.3 is 5.11 Å². The van der Waals surface area contributed by atoms with Gasteiger partial charge in [-0.05, 0) is 13.0 Å². The molecule has 1 aliphatic heterocycles. The van der Waals surface area contributed by atoms with E-state index in [0.717, 1.165) is 17.1 Å². The molecule has 0 spiro atoms. The molecule has 0 bridgehead atoms. The molecule has 0 aromatic carbocycles. The van der Waals surface area contributed by atoms with Crippen LogP contribution in [0.15, 0.2) is 15.7 Å². The van der Waals surface area contributed by atoms with E-state index < -0.39 is 16.0 Å². The van der Waals surface area contributed by atoms with Gasteiger partial charge in [0.2, 0.25) is 0 Å². The number of nitrogens with zero attached hydrogens (tertiary/aromatic N) is 1. The molecule has 1 fully saturated rings. The Hall–Kier alpha value is -0.570. The number of rotatable bonds is 3. The average molecular weight is 321 g/mol. The minimum absolute atomic E-state index is 0.0238. The van der Waals surface area contributed by atoms with Gasteiger partial charge in [-0.3, -0.25) is 0 Å². The topological polar surface area (TPSA) is 74.7 Å². The van der Waals surface area contributed by atoms with E-state index >= 15 is 0 Å². The Bertz CT molecular complexity index is 581. The third kappa shape index (κ3) is 2.81. The molecular weight excluding hydrogens is 306 g/mol. The van der Waals surface area contributed by atoms with E-state index in [2.05, 4.69) is 0 Å². The summed E-state index contributed by atoms with van der Waals surface area (Å²) < 4.78 is 26.6. The van der Waals surface area contributed by atoms with Gasteiger partial charge in [-0.2, -0.15) is 16.1 Å². The van der Waals surface area contributed by atoms with Gasteiger partial charge in [0, 0.05) is 29.0 Å². The van der Waals surface area contributed by atoms with Crippen LogP contribution < -0.4 is 0 Å². The Labute approximate surface area is 120 Å². The first kappa shape index (κ1) is 14.8. The molecule has 106 valence electrons. The van der Waals surface area contributed by atoms with E-state index in [9.17, 15) is 13.2 Å². The molecule has 19 heavy (non-hydrogen) atoms. The number of thioether (sulfide) groups is 1. The molecule has 0 amide bonds. The lowest BCUT2D eigenvalue weighted by molar-refractivity contribution is 0.0697. The van der Waals surface area contributed by atoms with Crippen molar-refractivity contribution in [1.29, 1.82) is 0 Å². The van der Waals surface area contributed by atoms with Gasteiger partial charge in [0.15, 0.2) is 0 Å². The van der Waals surface area contributed by atoms with E-state index in [1.165, 1.54) is 15.8 Å². The molecule has 1 N–H and O–H groups in total. The third-order valence-corrected chi connectivity index (χ3v) is 7.95. The van der Waals surface area contributed by atoms with Crippen LogP contribution in [0, 0.1) is 0 Å². The van der Waals surface area contributed by atoms with Crippen LogP contribution in [0.4, 0.5) is 0 Å². The summed E-state index contributed by atoms with van der Waals surface area (Å²) >= 11 is 2.72. The van der Waals surface area contributed by atoms with Crippen LogP contribution in [0.3, 0.4) is 0 Å². The number of thiophene rings is 1. The van der Waals surface area contributed by atoms with Gasteiger partial charge in [-0.1, -0.05) is 6.92 Å². The van der Waals surface area contributed by atoms with Crippen LogP contribution in [0.25, 0.3) is 0 Å². The van der Waals surface area contributed by atoms with Gasteiger partial charge in [0.05, 0.1) is 5.56 Å². The highest BCUT2D eigenvalue weighted by Crippen LogP contribution is 2.31. The molecule has 2 atom stereocenters. The largest absolute Gasteiger partial charge is 0.478 e. The maximum absolute atomic E-state index is 12.5.